The maximum Gasteiger partial charge on any atom is 0.0162 e. The summed E-state index contributed by atoms with van der Waals surface area (Å²) in [6.45, 7) is 4.29. The molecule has 0 aliphatic rings. The molecule has 62 valence electrons. The van der Waals surface area contributed by atoms with Gasteiger partial charge < -0.3 is 10.7 Å². The predicted octanol–water partition coefficient (Wildman–Crippen LogP) is 1.54. The van der Waals surface area contributed by atoms with Crippen molar-refractivity contribution in [2.24, 2.45) is 11.7 Å². The molecule has 1 heterocycles. The number of aromatic amines is 1. The summed E-state index contributed by atoms with van der Waals surface area (Å²) in [6.07, 6.45) is 2.88. The average molecular weight is 152 g/mol. The van der Waals surface area contributed by atoms with Gasteiger partial charge in [0.2, 0.25) is 0 Å². The van der Waals surface area contributed by atoms with Crippen molar-refractivity contribution < 1.29 is 0 Å². The van der Waals surface area contributed by atoms with Crippen LogP contribution in [-0.2, 0) is 6.42 Å². The lowest BCUT2D eigenvalue weighted by molar-refractivity contribution is 0.487. The van der Waals surface area contributed by atoms with E-state index >= 15 is 0 Å². The van der Waals surface area contributed by atoms with Crippen LogP contribution < -0.4 is 5.73 Å². The SMILES string of the molecule is CC(C)C(N)Cc1ccc[nH]1. The summed E-state index contributed by atoms with van der Waals surface area (Å²) in [7, 11) is 0. The van der Waals surface area contributed by atoms with Gasteiger partial charge in [0.15, 0.2) is 0 Å². The minimum atomic E-state index is 0.272. The molecule has 1 atom stereocenters. The second-order valence-corrected chi connectivity index (χ2v) is 3.31. The lowest BCUT2D eigenvalue weighted by Gasteiger charge is -2.13. The van der Waals surface area contributed by atoms with E-state index in [9.17, 15) is 0 Å². The van der Waals surface area contributed by atoms with Crippen molar-refractivity contribution in [2.45, 2.75) is 26.3 Å². The molecule has 11 heavy (non-hydrogen) atoms. The summed E-state index contributed by atoms with van der Waals surface area (Å²) in [6, 6.07) is 4.35. The molecule has 0 saturated carbocycles. The first kappa shape index (κ1) is 8.34. The van der Waals surface area contributed by atoms with E-state index in [-0.39, 0.29) is 6.04 Å². The largest absolute Gasteiger partial charge is 0.365 e. The third kappa shape index (κ3) is 2.39. The Morgan fingerprint density at radius 3 is 2.73 bits per heavy atom. The highest BCUT2D eigenvalue weighted by Gasteiger charge is 2.07. The molecule has 0 fully saturated rings. The lowest BCUT2D eigenvalue weighted by Crippen LogP contribution is -2.28. The maximum atomic E-state index is 5.89. The number of hydrogen-bond donors (Lipinski definition) is 2. The fourth-order valence-electron chi connectivity index (χ4n) is 0.984. The van der Waals surface area contributed by atoms with Crippen molar-refractivity contribution in [2.75, 3.05) is 0 Å². The van der Waals surface area contributed by atoms with Crippen molar-refractivity contribution in [3.05, 3.63) is 24.0 Å². The normalized spacial score (nSPS) is 13.8. The summed E-state index contributed by atoms with van der Waals surface area (Å²) < 4.78 is 0. The zero-order chi connectivity index (χ0) is 8.27. The van der Waals surface area contributed by atoms with Gasteiger partial charge in [-0.3, -0.25) is 0 Å². The Bertz CT molecular complexity index is 189. The van der Waals surface area contributed by atoms with Crippen LogP contribution in [-0.4, -0.2) is 11.0 Å². The fraction of sp³-hybridized carbons (Fsp3) is 0.556. The Kier molecular flexibility index (Phi) is 2.71. The summed E-state index contributed by atoms with van der Waals surface area (Å²) in [4.78, 5) is 3.14. The average Bonchev–Trinajstić information content (AvgIpc) is 2.39. The van der Waals surface area contributed by atoms with E-state index in [1.54, 1.807) is 0 Å². The van der Waals surface area contributed by atoms with Crippen molar-refractivity contribution in [1.29, 1.82) is 0 Å². The Morgan fingerprint density at radius 2 is 2.27 bits per heavy atom. The number of hydrogen-bond acceptors (Lipinski definition) is 1. The topological polar surface area (TPSA) is 41.8 Å². The molecule has 0 aliphatic heterocycles. The summed E-state index contributed by atoms with van der Waals surface area (Å²) in [5, 5.41) is 0. The van der Waals surface area contributed by atoms with Gasteiger partial charge in [-0.15, -0.1) is 0 Å². The van der Waals surface area contributed by atoms with E-state index in [1.165, 1.54) is 5.69 Å². The fourth-order valence-corrected chi connectivity index (χ4v) is 0.984. The van der Waals surface area contributed by atoms with Crippen molar-refractivity contribution in [1.82, 2.24) is 4.98 Å². The van der Waals surface area contributed by atoms with Gasteiger partial charge in [-0.05, 0) is 18.1 Å². The van der Waals surface area contributed by atoms with Gasteiger partial charge >= 0.3 is 0 Å². The van der Waals surface area contributed by atoms with Gasteiger partial charge in [0.25, 0.3) is 0 Å². The number of nitrogens with one attached hydrogen (secondary N) is 1. The molecule has 0 spiro atoms. The first-order valence-electron chi connectivity index (χ1n) is 4.08. The van der Waals surface area contributed by atoms with Gasteiger partial charge in [-0.25, -0.2) is 0 Å². The van der Waals surface area contributed by atoms with Crippen LogP contribution in [0.5, 0.6) is 0 Å². The first-order valence-corrected chi connectivity index (χ1v) is 4.08. The van der Waals surface area contributed by atoms with Crippen LogP contribution in [0.4, 0.5) is 0 Å². The first-order chi connectivity index (χ1) is 5.20. The van der Waals surface area contributed by atoms with Gasteiger partial charge in [-0.2, -0.15) is 0 Å². The van der Waals surface area contributed by atoms with Crippen molar-refractivity contribution in [3.63, 3.8) is 0 Å². The monoisotopic (exact) mass is 152 g/mol. The number of rotatable bonds is 3. The lowest BCUT2D eigenvalue weighted by atomic mass is 10.0. The Morgan fingerprint density at radius 1 is 1.55 bits per heavy atom. The Labute approximate surface area is 67.8 Å². The maximum absolute atomic E-state index is 5.89. The zero-order valence-corrected chi connectivity index (χ0v) is 7.17. The molecule has 1 aromatic rings. The molecule has 2 nitrogen and oxygen atoms in total. The van der Waals surface area contributed by atoms with Crippen LogP contribution in [0.15, 0.2) is 18.3 Å². The second kappa shape index (κ2) is 3.58. The quantitative estimate of drug-likeness (QED) is 0.677. The smallest absolute Gasteiger partial charge is 0.0162 e. The van der Waals surface area contributed by atoms with Gasteiger partial charge in [0.05, 0.1) is 0 Å². The molecule has 3 N–H and O–H groups in total. The third-order valence-corrected chi connectivity index (χ3v) is 1.97. The van der Waals surface area contributed by atoms with Gasteiger partial charge in [0, 0.05) is 24.4 Å². The molecule has 1 rings (SSSR count). The van der Waals surface area contributed by atoms with Crippen molar-refractivity contribution in [3.8, 4) is 0 Å². The van der Waals surface area contributed by atoms with E-state index in [0.29, 0.717) is 5.92 Å². The molecule has 0 amide bonds. The van der Waals surface area contributed by atoms with E-state index in [0.717, 1.165) is 6.42 Å². The number of H-pyrrole nitrogens is 1. The molecule has 1 unspecified atom stereocenters. The standard InChI is InChI=1S/C9H16N2/c1-7(2)9(10)6-8-4-3-5-11-8/h3-5,7,9,11H,6,10H2,1-2H3. The van der Waals surface area contributed by atoms with Crippen LogP contribution in [0.1, 0.15) is 19.5 Å². The second-order valence-electron chi connectivity index (χ2n) is 3.31. The molecule has 2 heteroatoms. The molecule has 0 aromatic carbocycles. The highest BCUT2D eigenvalue weighted by molar-refractivity contribution is 5.05. The van der Waals surface area contributed by atoms with E-state index in [2.05, 4.69) is 24.9 Å². The van der Waals surface area contributed by atoms with Crippen LogP contribution in [0, 0.1) is 5.92 Å². The summed E-state index contributed by atoms with van der Waals surface area (Å²) >= 11 is 0. The molecule has 0 bridgehead atoms. The zero-order valence-electron chi connectivity index (χ0n) is 7.17. The van der Waals surface area contributed by atoms with Gasteiger partial charge in [-0.1, -0.05) is 13.8 Å². The minimum Gasteiger partial charge on any atom is -0.365 e. The highest BCUT2D eigenvalue weighted by Crippen LogP contribution is 2.05. The number of nitrogens with two attached hydrogens (primary N) is 1. The molecule has 0 saturated heterocycles. The molecular formula is C9H16N2. The Balaban J connectivity index is 2.43. The Hall–Kier alpha value is -0.760. The molecular weight excluding hydrogens is 136 g/mol. The van der Waals surface area contributed by atoms with E-state index in [1.807, 2.05) is 12.3 Å². The van der Waals surface area contributed by atoms with E-state index in [4.69, 9.17) is 5.73 Å². The number of aromatic nitrogens is 1. The highest BCUT2D eigenvalue weighted by atomic mass is 14.7. The molecule has 1 aromatic heterocycles. The van der Waals surface area contributed by atoms with E-state index < -0.39 is 0 Å². The van der Waals surface area contributed by atoms with Crippen LogP contribution in [0.2, 0.25) is 0 Å². The third-order valence-electron chi connectivity index (χ3n) is 1.97. The summed E-state index contributed by atoms with van der Waals surface area (Å²) in [5.74, 6) is 0.554. The molecule has 0 radical (unpaired) electrons. The minimum absolute atomic E-state index is 0.272. The molecule has 0 aliphatic carbocycles. The van der Waals surface area contributed by atoms with Crippen LogP contribution in [0.3, 0.4) is 0 Å². The van der Waals surface area contributed by atoms with Crippen molar-refractivity contribution >= 4 is 0 Å². The van der Waals surface area contributed by atoms with Crippen LogP contribution in [0.25, 0.3) is 0 Å². The predicted molar refractivity (Wildman–Crippen MR) is 47.3 cm³/mol. The van der Waals surface area contributed by atoms with Gasteiger partial charge in [0.1, 0.15) is 0 Å². The van der Waals surface area contributed by atoms with Crippen LogP contribution >= 0.6 is 0 Å². The summed E-state index contributed by atoms with van der Waals surface area (Å²) in [5.41, 5.74) is 7.12.